The summed E-state index contributed by atoms with van der Waals surface area (Å²) in [7, 11) is -6.25. The average Bonchev–Trinajstić information content (AvgIpc) is 2.03. The lowest BCUT2D eigenvalue weighted by Gasteiger charge is -2.03. The molecule has 6 heteroatoms. The van der Waals surface area contributed by atoms with Gasteiger partial charge in [-0.2, -0.15) is 0 Å². The molecule has 0 amide bonds. The van der Waals surface area contributed by atoms with Crippen molar-refractivity contribution in [2.45, 2.75) is 0 Å². The monoisotopic (exact) mass is 206 g/mol. The largest absolute Gasteiger partial charge is 0.877 e. The van der Waals surface area contributed by atoms with E-state index in [2.05, 4.69) is 4.43 Å². The normalized spacial score (nSPS) is 11.0. The van der Waals surface area contributed by atoms with Gasteiger partial charge in [0.15, 0.2) is 0 Å². The summed E-state index contributed by atoms with van der Waals surface area (Å²) in [4.78, 5) is 10.8. The predicted octanol–water partition coefficient (Wildman–Crippen LogP) is 2.19. The molecule has 0 radical (unpaired) electrons. The molecule has 0 N–H and O–H groups in total. The van der Waals surface area contributed by atoms with Gasteiger partial charge in [0.1, 0.15) is 0 Å². The maximum Gasteiger partial charge on any atom is 0.877 e. The maximum absolute atomic E-state index is 11.7. The number of benzene rings is 1. The van der Waals surface area contributed by atoms with Gasteiger partial charge in [0.25, 0.3) is 0 Å². The summed E-state index contributed by atoms with van der Waals surface area (Å²) in [6.45, 7) is 0. The van der Waals surface area contributed by atoms with Crippen LogP contribution in [0.4, 0.5) is 12.3 Å². The lowest BCUT2D eigenvalue weighted by molar-refractivity contribution is 0.0625. The highest BCUT2D eigenvalue weighted by Gasteiger charge is 2.46. The van der Waals surface area contributed by atoms with Crippen molar-refractivity contribution in [3.63, 3.8) is 0 Å². The van der Waals surface area contributed by atoms with Gasteiger partial charge in [-0.15, -0.1) is 0 Å². The average molecular weight is 206 g/mol. The van der Waals surface area contributed by atoms with Gasteiger partial charge in [-0.05, 0) is 12.1 Å². The Hall–Kier alpha value is -1.30. The van der Waals surface area contributed by atoms with E-state index in [-0.39, 0.29) is 5.56 Å². The second kappa shape index (κ2) is 3.61. The minimum absolute atomic E-state index is 0.0904. The van der Waals surface area contributed by atoms with Crippen LogP contribution in [0.25, 0.3) is 0 Å². The van der Waals surface area contributed by atoms with Gasteiger partial charge in [0.2, 0.25) is 0 Å². The molecule has 0 aromatic heterocycles. The third-order valence-electron chi connectivity index (χ3n) is 1.22. The van der Waals surface area contributed by atoms with Gasteiger partial charge in [-0.25, -0.2) is 17.1 Å². The SMILES string of the molecule is O=C(O[Si](F)(F)F)c1ccccc1. The molecular weight excluding hydrogens is 201 g/mol. The quantitative estimate of drug-likeness (QED) is 0.547. The molecule has 0 saturated carbocycles. The van der Waals surface area contributed by atoms with Crippen molar-refractivity contribution in [3.05, 3.63) is 35.9 Å². The number of hydrogen-bond donors (Lipinski definition) is 0. The fourth-order valence-electron chi connectivity index (χ4n) is 0.738. The van der Waals surface area contributed by atoms with Crippen LogP contribution in [0.15, 0.2) is 30.3 Å². The van der Waals surface area contributed by atoms with Crippen LogP contribution in [0.2, 0.25) is 0 Å². The highest BCUT2D eigenvalue weighted by molar-refractivity contribution is 6.53. The fraction of sp³-hybridized carbons (Fsp3) is 0. The summed E-state index contributed by atoms with van der Waals surface area (Å²) in [5.74, 6) is -1.33. The number of halogens is 3. The molecule has 1 aromatic rings. The van der Waals surface area contributed by atoms with E-state index < -0.39 is 15.3 Å². The highest BCUT2D eigenvalue weighted by Crippen LogP contribution is 2.13. The third kappa shape index (κ3) is 3.28. The Morgan fingerprint density at radius 3 is 2.15 bits per heavy atom. The third-order valence-corrected chi connectivity index (χ3v) is 1.63. The van der Waals surface area contributed by atoms with Gasteiger partial charge >= 0.3 is 15.3 Å². The van der Waals surface area contributed by atoms with Crippen molar-refractivity contribution < 1.29 is 21.5 Å². The minimum Gasteiger partial charge on any atom is -0.439 e. The van der Waals surface area contributed by atoms with Gasteiger partial charge in [0, 0.05) is 0 Å². The summed E-state index contributed by atoms with van der Waals surface area (Å²) in [5.41, 5.74) is -0.0904. The molecule has 0 aliphatic carbocycles. The minimum atomic E-state index is -6.25. The maximum atomic E-state index is 11.7. The number of rotatable bonds is 2. The molecule has 0 unspecified atom stereocenters. The lowest BCUT2D eigenvalue weighted by atomic mass is 10.2. The molecule has 0 atom stereocenters. The molecular formula is C7H5F3O2Si. The van der Waals surface area contributed by atoms with E-state index in [4.69, 9.17) is 0 Å². The second-order valence-corrected chi connectivity index (χ2v) is 3.30. The Kier molecular flexibility index (Phi) is 2.71. The first kappa shape index (κ1) is 9.78. The number of carbonyl (C=O) groups excluding carboxylic acids is 1. The van der Waals surface area contributed by atoms with Crippen LogP contribution < -0.4 is 0 Å². The first-order chi connectivity index (χ1) is 5.99. The topological polar surface area (TPSA) is 26.3 Å². The first-order valence-corrected chi connectivity index (χ1v) is 4.88. The molecule has 0 spiro atoms. The zero-order chi connectivity index (χ0) is 9.90. The Morgan fingerprint density at radius 2 is 1.69 bits per heavy atom. The van der Waals surface area contributed by atoms with E-state index in [0.29, 0.717) is 0 Å². The van der Waals surface area contributed by atoms with E-state index in [1.165, 1.54) is 24.3 Å². The van der Waals surface area contributed by atoms with E-state index in [1.54, 1.807) is 6.07 Å². The number of carbonyl (C=O) groups is 1. The van der Waals surface area contributed by atoms with Crippen molar-refractivity contribution >= 4 is 15.3 Å². The Bertz CT molecular complexity index is 296. The molecule has 0 aliphatic rings. The van der Waals surface area contributed by atoms with Crippen molar-refractivity contribution in [1.29, 1.82) is 0 Å². The van der Waals surface area contributed by atoms with Gasteiger partial charge in [0.05, 0.1) is 5.56 Å². The highest BCUT2D eigenvalue weighted by atomic mass is 28.5. The molecule has 70 valence electrons. The van der Waals surface area contributed by atoms with Crippen LogP contribution in [-0.4, -0.2) is 15.3 Å². The van der Waals surface area contributed by atoms with Crippen molar-refractivity contribution in [1.82, 2.24) is 0 Å². The zero-order valence-corrected chi connectivity index (χ0v) is 7.34. The molecule has 0 aliphatic heterocycles. The van der Waals surface area contributed by atoms with Crippen molar-refractivity contribution in [2.75, 3.05) is 0 Å². The predicted molar refractivity (Wildman–Crippen MR) is 40.9 cm³/mol. The number of hydrogen-bond acceptors (Lipinski definition) is 2. The van der Waals surface area contributed by atoms with Crippen molar-refractivity contribution in [3.8, 4) is 0 Å². The summed E-state index contributed by atoms with van der Waals surface area (Å²) in [5, 5.41) is 0. The molecule has 1 aromatic carbocycles. The van der Waals surface area contributed by atoms with Gasteiger partial charge < -0.3 is 4.43 Å². The molecule has 13 heavy (non-hydrogen) atoms. The second-order valence-electron chi connectivity index (χ2n) is 2.20. The van der Waals surface area contributed by atoms with Crippen LogP contribution in [0.1, 0.15) is 10.4 Å². The molecule has 1 rings (SSSR count). The Morgan fingerprint density at radius 1 is 1.15 bits per heavy atom. The molecule has 0 saturated heterocycles. The van der Waals surface area contributed by atoms with Crippen LogP contribution in [0.5, 0.6) is 0 Å². The van der Waals surface area contributed by atoms with E-state index in [9.17, 15) is 17.1 Å². The summed E-state index contributed by atoms with van der Waals surface area (Å²) < 4.78 is 38.4. The van der Waals surface area contributed by atoms with Crippen LogP contribution in [0.3, 0.4) is 0 Å². The van der Waals surface area contributed by atoms with Crippen LogP contribution >= 0.6 is 0 Å². The zero-order valence-electron chi connectivity index (χ0n) is 6.34. The van der Waals surface area contributed by atoms with E-state index in [0.717, 1.165) is 0 Å². The van der Waals surface area contributed by atoms with E-state index in [1.807, 2.05) is 0 Å². The molecule has 0 bridgehead atoms. The fourth-order valence-corrected chi connectivity index (χ4v) is 1.07. The lowest BCUT2D eigenvalue weighted by Crippen LogP contribution is -2.25. The van der Waals surface area contributed by atoms with Gasteiger partial charge in [-0.1, -0.05) is 18.2 Å². The standard InChI is InChI=1S/C7H5F3O2Si/c8-13(9,10)12-7(11)6-4-2-1-3-5-6/h1-5H. The van der Waals surface area contributed by atoms with Crippen LogP contribution in [0, 0.1) is 0 Å². The van der Waals surface area contributed by atoms with E-state index >= 15 is 0 Å². The summed E-state index contributed by atoms with van der Waals surface area (Å²) >= 11 is 0. The van der Waals surface area contributed by atoms with Crippen LogP contribution in [-0.2, 0) is 4.43 Å². The van der Waals surface area contributed by atoms with Gasteiger partial charge in [-0.3, -0.25) is 0 Å². The molecule has 0 fully saturated rings. The van der Waals surface area contributed by atoms with Crippen molar-refractivity contribution in [2.24, 2.45) is 0 Å². The molecule has 2 nitrogen and oxygen atoms in total. The Balaban J connectivity index is 2.71. The Labute approximate surface area is 73.6 Å². The first-order valence-electron chi connectivity index (χ1n) is 3.34. The summed E-state index contributed by atoms with van der Waals surface area (Å²) in [6.07, 6.45) is 0. The summed E-state index contributed by atoms with van der Waals surface area (Å²) in [6, 6.07) is 7.07. The smallest absolute Gasteiger partial charge is 0.439 e. The molecule has 0 heterocycles.